The van der Waals surface area contributed by atoms with E-state index in [1.807, 2.05) is 50.2 Å². The normalized spacial score (nSPS) is 10.4. The molecule has 1 heterocycles. The van der Waals surface area contributed by atoms with Crippen molar-refractivity contribution in [3.05, 3.63) is 53.3 Å². The Kier molecular flexibility index (Phi) is 2.86. The zero-order valence-electron chi connectivity index (χ0n) is 9.47. The molecule has 0 bridgehead atoms. The van der Waals surface area contributed by atoms with Crippen LogP contribution in [0.4, 0.5) is 0 Å². The van der Waals surface area contributed by atoms with Gasteiger partial charge in [-0.3, -0.25) is 9.48 Å². The topological polar surface area (TPSA) is 34.9 Å². The summed E-state index contributed by atoms with van der Waals surface area (Å²) in [5.74, 6) is 0.0896. The van der Waals surface area contributed by atoms with E-state index >= 15 is 0 Å². The molecule has 0 unspecified atom stereocenters. The number of Topliss-reactive ketones (excluding diaryl/α,β-unsaturated/α-hetero) is 1. The lowest BCUT2D eigenvalue weighted by molar-refractivity contribution is 0.0966. The minimum atomic E-state index is 0.0896. The molecule has 0 amide bonds. The Labute approximate surface area is 94.7 Å². The van der Waals surface area contributed by atoms with Crippen LogP contribution in [0.2, 0.25) is 0 Å². The predicted molar refractivity (Wildman–Crippen MR) is 62.5 cm³/mol. The third-order valence-electron chi connectivity index (χ3n) is 2.49. The SMILES string of the molecule is Cc1cc(C)n(CC(=O)c2ccccc2)n1. The van der Waals surface area contributed by atoms with Gasteiger partial charge in [0.1, 0.15) is 6.54 Å². The summed E-state index contributed by atoms with van der Waals surface area (Å²) in [6.45, 7) is 4.19. The minimum Gasteiger partial charge on any atom is -0.292 e. The van der Waals surface area contributed by atoms with Crippen LogP contribution >= 0.6 is 0 Å². The van der Waals surface area contributed by atoms with Crippen molar-refractivity contribution in [2.45, 2.75) is 20.4 Å². The van der Waals surface area contributed by atoms with Crippen LogP contribution in [0.25, 0.3) is 0 Å². The van der Waals surface area contributed by atoms with E-state index in [1.54, 1.807) is 4.68 Å². The summed E-state index contributed by atoms with van der Waals surface area (Å²) in [6.07, 6.45) is 0. The van der Waals surface area contributed by atoms with E-state index in [0.717, 1.165) is 17.0 Å². The third kappa shape index (κ3) is 2.19. The van der Waals surface area contributed by atoms with Crippen molar-refractivity contribution in [3.8, 4) is 0 Å². The van der Waals surface area contributed by atoms with Crippen LogP contribution in [0.15, 0.2) is 36.4 Å². The second-order valence-electron chi connectivity index (χ2n) is 3.87. The number of carbonyl (C=O) groups excluding carboxylic acids is 1. The van der Waals surface area contributed by atoms with Crippen LogP contribution in [0.3, 0.4) is 0 Å². The first-order valence-electron chi connectivity index (χ1n) is 5.26. The van der Waals surface area contributed by atoms with Crippen LogP contribution in [0.5, 0.6) is 0 Å². The molecule has 0 fully saturated rings. The summed E-state index contributed by atoms with van der Waals surface area (Å²) in [7, 11) is 0. The van der Waals surface area contributed by atoms with Crippen molar-refractivity contribution in [2.75, 3.05) is 0 Å². The van der Waals surface area contributed by atoms with Gasteiger partial charge in [-0.25, -0.2) is 0 Å². The van der Waals surface area contributed by atoms with Crippen molar-refractivity contribution in [2.24, 2.45) is 0 Å². The fraction of sp³-hybridized carbons (Fsp3) is 0.231. The highest BCUT2D eigenvalue weighted by molar-refractivity contribution is 5.95. The van der Waals surface area contributed by atoms with Gasteiger partial charge in [-0.05, 0) is 19.9 Å². The van der Waals surface area contributed by atoms with Crippen LogP contribution in [0.1, 0.15) is 21.7 Å². The number of rotatable bonds is 3. The standard InChI is InChI=1S/C13H14N2O/c1-10-8-11(2)15(14-10)9-13(16)12-6-4-3-5-7-12/h3-8H,9H2,1-2H3. The van der Waals surface area contributed by atoms with Crippen LogP contribution in [0, 0.1) is 13.8 Å². The molecular formula is C13H14N2O. The van der Waals surface area contributed by atoms with E-state index < -0.39 is 0 Å². The number of carbonyl (C=O) groups is 1. The average Bonchev–Trinajstić information content (AvgIpc) is 2.59. The lowest BCUT2D eigenvalue weighted by Crippen LogP contribution is -2.12. The Morgan fingerprint density at radius 1 is 1.25 bits per heavy atom. The summed E-state index contributed by atoms with van der Waals surface area (Å²) < 4.78 is 1.74. The summed E-state index contributed by atoms with van der Waals surface area (Å²) in [5.41, 5.74) is 2.69. The van der Waals surface area contributed by atoms with E-state index in [2.05, 4.69) is 5.10 Å². The Morgan fingerprint density at radius 3 is 2.50 bits per heavy atom. The van der Waals surface area contributed by atoms with Gasteiger partial charge in [0.15, 0.2) is 5.78 Å². The van der Waals surface area contributed by atoms with Crippen LogP contribution in [-0.4, -0.2) is 15.6 Å². The molecule has 0 saturated heterocycles. The molecule has 0 aliphatic heterocycles. The zero-order chi connectivity index (χ0) is 11.5. The molecule has 82 valence electrons. The highest BCUT2D eigenvalue weighted by Crippen LogP contribution is 2.05. The first kappa shape index (κ1) is 10.6. The van der Waals surface area contributed by atoms with Crippen LogP contribution in [-0.2, 0) is 6.54 Å². The number of benzene rings is 1. The molecular weight excluding hydrogens is 200 g/mol. The molecule has 0 radical (unpaired) electrons. The highest BCUT2D eigenvalue weighted by atomic mass is 16.1. The van der Waals surface area contributed by atoms with Crippen molar-refractivity contribution in [3.63, 3.8) is 0 Å². The average molecular weight is 214 g/mol. The number of aryl methyl sites for hydroxylation is 2. The van der Waals surface area contributed by atoms with Crippen molar-refractivity contribution in [1.29, 1.82) is 0 Å². The lowest BCUT2D eigenvalue weighted by atomic mass is 10.1. The molecule has 0 N–H and O–H groups in total. The monoisotopic (exact) mass is 214 g/mol. The first-order chi connectivity index (χ1) is 7.66. The molecule has 0 aliphatic rings. The van der Waals surface area contributed by atoms with Gasteiger partial charge in [0.25, 0.3) is 0 Å². The maximum Gasteiger partial charge on any atom is 0.184 e. The molecule has 1 aromatic heterocycles. The second kappa shape index (κ2) is 4.31. The summed E-state index contributed by atoms with van der Waals surface area (Å²) in [5, 5.41) is 4.27. The molecule has 0 spiro atoms. The Bertz CT molecular complexity index is 500. The fourth-order valence-corrected chi connectivity index (χ4v) is 1.69. The molecule has 16 heavy (non-hydrogen) atoms. The highest BCUT2D eigenvalue weighted by Gasteiger charge is 2.08. The van der Waals surface area contributed by atoms with Gasteiger partial charge >= 0.3 is 0 Å². The molecule has 0 aliphatic carbocycles. The largest absolute Gasteiger partial charge is 0.292 e. The Morgan fingerprint density at radius 2 is 1.94 bits per heavy atom. The van der Waals surface area contributed by atoms with Gasteiger partial charge in [-0.2, -0.15) is 5.10 Å². The molecule has 3 nitrogen and oxygen atoms in total. The van der Waals surface area contributed by atoms with Gasteiger partial charge in [0, 0.05) is 11.3 Å². The van der Waals surface area contributed by atoms with Gasteiger partial charge < -0.3 is 0 Å². The van der Waals surface area contributed by atoms with Crippen LogP contribution < -0.4 is 0 Å². The molecule has 2 aromatic rings. The Hall–Kier alpha value is -1.90. The van der Waals surface area contributed by atoms with Crippen molar-refractivity contribution in [1.82, 2.24) is 9.78 Å². The minimum absolute atomic E-state index is 0.0896. The van der Waals surface area contributed by atoms with Gasteiger partial charge in [-0.1, -0.05) is 30.3 Å². The molecule has 3 heteroatoms. The third-order valence-corrected chi connectivity index (χ3v) is 2.49. The number of nitrogens with zero attached hydrogens (tertiary/aromatic N) is 2. The molecule has 2 rings (SSSR count). The van der Waals surface area contributed by atoms with Crippen molar-refractivity contribution >= 4 is 5.78 Å². The summed E-state index contributed by atoms with van der Waals surface area (Å²) in [4.78, 5) is 11.9. The number of hydrogen-bond acceptors (Lipinski definition) is 2. The first-order valence-corrected chi connectivity index (χ1v) is 5.26. The summed E-state index contributed by atoms with van der Waals surface area (Å²) >= 11 is 0. The maximum absolute atomic E-state index is 11.9. The predicted octanol–water partition coefficient (Wildman–Crippen LogP) is 2.38. The Balaban J connectivity index is 2.17. The van der Waals surface area contributed by atoms with E-state index in [1.165, 1.54) is 0 Å². The summed E-state index contributed by atoms with van der Waals surface area (Å²) in [6, 6.07) is 11.3. The van der Waals surface area contributed by atoms with E-state index in [9.17, 15) is 4.79 Å². The number of ketones is 1. The quantitative estimate of drug-likeness (QED) is 0.735. The second-order valence-corrected chi connectivity index (χ2v) is 3.87. The van der Waals surface area contributed by atoms with Gasteiger partial charge in [0.05, 0.1) is 5.69 Å². The van der Waals surface area contributed by atoms with Gasteiger partial charge in [0.2, 0.25) is 0 Å². The van der Waals surface area contributed by atoms with Gasteiger partial charge in [-0.15, -0.1) is 0 Å². The smallest absolute Gasteiger partial charge is 0.184 e. The van der Waals surface area contributed by atoms with E-state index in [4.69, 9.17) is 0 Å². The lowest BCUT2D eigenvalue weighted by Gasteiger charge is -2.03. The molecule has 1 aromatic carbocycles. The number of hydrogen-bond donors (Lipinski definition) is 0. The molecule has 0 atom stereocenters. The fourth-order valence-electron chi connectivity index (χ4n) is 1.69. The molecule has 0 saturated carbocycles. The van der Waals surface area contributed by atoms with E-state index in [0.29, 0.717) is 6.54 Å². The zero-order valence-corrected chi connectivity index (χ0v) is 9.47. The maximum atomic E-state index is 11.9. The number of aromatic nitrogens is 2. The van der Waals surface area contributed by atoms with E-state index in [-0.39, 0.29) is 5.78 Å². The van der Waals surface area contributed by atoms with Crippen molar-refractivity contribution < 1.29 is 4.79 Å².